The first kappa shape index (κ1) is 33.0. The number of benzene rings is 4. The molecule has 2 aliphatic heterocycles. The number of allylic oxidation sites excluding steroid dienone is 1. The second-order valence-corrected chi connectivity index (χ2v) is 12.7. The van der Waals surface area contributed by atoms with Crippen molar-refractivity contribution in [1.82, 2.24) is 4.57 Å². The zero-order chi connectivity index (χ0) is 35.1. The van der Waals surface area contributed by atoms with Gasteiger partial charge in [-0.2, -0.15) is 0 Å². The Morgan fingerprint density at radius 1 is 0.960 bits per heavy atom. The standard InChI is InChI=1S/C39H32ClN3O7/c1-22-15-28(12-14-33(22)43-38(47)30-13-11-27(40)18-31(30)39(43)48)41-37(46)35-16-26(32-19-42(23(2)45)34-6-4-3-5-29(32)34)17-36(50-35)49-21-25-9-7-24(20-44)8-10-25/h3-16,18-19,26,36,44H,17,20-21H2,1-2H3,(H,41,46)/t26-,36+/m0/s1. The highest BCUT2D eigenvalue weighted by Gasteiger charge is 2.37. The lowest BCUT2D eigenvalue weighted by atomic mass is 9.92. The lowest BCUT2D eigenvalue weighted by molar-refractivity contribution is -0.147. The first-order chi connectivity index (χ1) is 24.1. The number of fused-ring (bicyclic) bond motifs is 2. The summed E-state index contributed by atoms with van der Waals surface area (Å²) < 4.78 is 13.9. The lowest BCUT2D eigenvalue weighted by Gasteiger charge is -2.29. The smallest absolute Gasteiger partial charge is 0.290 e. The van der Waals surface area contributed by atoms with Gasteiger partial charge in [-0.1, -0.05) is 54.1 Å². The van der Waals surface area contributed by atoms with Gasteiger partial charge in [-0.15, -0.1) is 0 Å². The number of amides is 3. The number of aryl methyl sites for hydroxylation is 1. The first-order valence-electron chi connectivity index (χ1n) is 16.0. The third-order valence-electron chi connectivity index (χ3n) is 8.95. The molecule has 11 heteroatoms. The van der Waals surface area contributed by atoms with Crippen LogP contribution >= 0.6 is 11.6 Å². The molecule has 0 bridgehead atoms. The van der Waals surface area contributed by atoms with Gasteiger partial charge in [0, 0.05) is 41.6 Å². The Balaban J connectivity index is 1.15. The molecule has 2 atom stereocenters. The molecule has 4 aromatic carbocycles. The van der Waals surface area contributed by atoms with Gasteiger partial charge in [0.15, 0.2) is 5.76 Å². The van der Waals surface area contributed by atoms with Crippen molar-refractivity contribution < 1.29 is 33.8 Å². The normalized spacial score (nSPS) is 17.0. The molecule has 2 N–H and O–H groups in total. The molecule has 7 rings (SSSR count). The van der Waals surface area contributed by atoms with Gasteiger partial charge in [-0.3, -0.25) is 23.7 Å². The number of hydrogen-bond donors (Lipinski definition) is 2. The summed E-state index contributed by atoms with van der Waals surface area (Å²) in [5.41, 5.74) is 5.18. The Morgan fingerprint density at radius 3 is 2.44 bits per heavy atom. The third-order valence-corrected chi connectivity index (χ3v) is 9.18. The number of halogens is 1. The fourth-order valence-corrected chi connectivity index (χ4v) is 6.61. The number of anilines is 2. The number of ether oxygens (including phenoxy) is 2. The summed E-state index contributed by atoms with van der Waals surface area (Å²) in [7, 11) is 0. The number of aliphatic hydroxyl groups excluding tert-OH is 1. The highest BCUT2D eigenvalue weighted by Crippen LogP contribution is 2.38. The van der Waals surface area contributed by atoms with Crippen LogP contribution in [-0.2, 0) is 27.5 Å². The van der Waals surface area contributed by atoms with Crippen molar-refractivity contribution in [3.8, 4) is 0 Å². The number of aromatic nitrogens is 1. The van der Waals surface area contributed by atoms with Crippen molar-refractivity contribution >= 4 is 57.5 Å². The van der Waals surface area contributed by atoms with Gasteiger partial charge in [0.1, 0.15) is 0 Å². The number of carbonyl (C=O) groups excluding carboxylic acids is 4. The number of aliphatic hydroxyl groups is 1. The summed E-state index contributed by atoms with van der Waals surface area (Å²) in [6.45, 7) is 3.39. The van der Waals surface area contributed by atoms with Crippen molar-refractivity contribution in [2.75, 3.05) is 10.2 Å². The van der Waals surface area contributed by atoms with Crippen molar-refractivity contribution in [3.05, 3.63) is 141 Å². The molecule has 0 radical (unpaired) electrons. The first-order valence-corrected chi connectivity index (χ1v) is 16.4. The number of para-hydroxylation sites is 1. The van der Waals surface area contributed by atoms with E-state index in [-0.39, 0.29) is 41.9 Å². The van der Waals surface area contributed by atoms with E-state index in [0.29, 0.717) is 28.4 Å². The van der Waals surface area contributed by atoms with Crippen LogP contribution in [0.25, 0.3) is 10.9 Å². The predicted molar refractivity (Wildman–Crippen MR) is 188 cm³/mol. The number of nitrogens with zero attached hydrogens (tertiary/aromatic N) is 2. The molecule has 252 valence electrons. The Hall–Kier alpha value is -5.55. The van der Waals surface area contributed by atoms with Gasteiger partial charge in [-0.25, -0.2) is 4.90 Å². The second kappa shape index (κ2) is 13.4. The quantitative estimate of drug-likeness (QED) is 0.166. The molecule has 2 aliphatic rings. The van der Waals surface area contributed by atoms with Crippen LogP contribution in [0.15, 0.2) is 103 Å². The van der Waals surface area contributed by atoms with Crippen LogP contribution in [0, 0.1) is 6.92 Å². The molecule has 0 unspecified atom stereocenters. The van der Waals surface area contributed by atoms with E-state index in [4.69, 9.17) is 21.1 Å². The van der Waals surface area contributed by atoms with E-state index >= 15 is 0 Å². The second-order valence-electron chi connectivity index (χ2n) is 12.3. The zero-order valence-electron chi connectivity index (χ0n) is 27.2. The third kappa shape index (κ3) is 6.20. The van der Waals surface area contributed by atoms with Gasteiger partial charge in [0.2, 0.25) is 12.2 Å². The Labute approximate surface area is 292 Å². The van der Waals surface area contributed by atoms with Gasteiger partial charge < -0.3 is 19.9 Å². The van der Waals surface area contributed by atoms with E-state index in [2.05, 4.69) is 5.32 Å². The zero-order valence-corrected chi connectivity index (χ0v) is 27.9. The van der Waals surface area contributed by atoms with E-state index in [1.54, 1.807) is 48.0 Å². The van der Waals surface area contributed by atoms with Crippen molar-refractivity contribution in [2.24, 2.45) is 0 Å². The molecule has 0 fully saturated rings. The molecule has 1 aromatic heterocycles. The Morgan fingerprint density at radius 2 is 1.70 bits per heavy atom. The summed E-state index contributed by atoms with van der Waals surface area (Å²) >= 11 is 6.08. The van der Waals surface area contributed by atoms with Gasteiger partial charge in [0.25, 0.3) is 17.7 Å². The van der Waals surface area contributed by atoms with Gasteiger partial charge in [0.05, 0.1) is 35.5 Å². The summed E-state index contributed by atoms with van der Waals surface area (Å²) in [5.74, 6) is -1.86. The van der Waals surface area contributed by atoms with Crippen LogP contribution in [-0.4, -0.2) is 39.6 Å². The molecule has 0 spiro atoms. The van der Waals surface area contributed by atoms with Crippen LogP contribution in [0.3, 0.4) is 0 Å². The summed E-state index contributed by atoms with van der Waals surface area (Å²) in [4.78, 5) is 53.7. The maximum absolute atomic E-state index is 13.8. The topological polar surface area (TPSA) is 127 Å². The van der Waals surface area contributed by atoms with Crippen LogP contribution < -0.4 is 10.2 Å². The lowest BCUT2D eigenvalue weighted by Crippen LogP contribution is -2.30. The summed E-state index contributed by atoms with van der Waals surface area (Å²) in [5, 5.41) is 13.5. The number of imide groups is 1. The molecule has 50 heavy (non-hydrogen) atoms. The molecule has 0 saturated heterocycles. The van der Waals surface area contributed by atoms with Gasteiger partial charge in [-0.05, 0) is 77.7 Å². The summed E-state index contributed by atoms with van der Waals surface area (Å²) in [6.07, 6.45) is 3.13. The van der Waals surface area contributed by atoms with Crippen LogP contribution in [0.4, 0.5) is 11.4 Å². The minimum Gasteiger partial charge on any atom is -0.459 e. The number of rotatable bonds is 8. The fraction of sp³-hybridized carbons (Fsp3) is 0.179. The molecular formula is C39H32ClN3O7. The highest BCUT2D eigenvalue weighted by atomic mass is 35.5. The molecule has 3 amide bonds. The molecule has 5 aromatic rings. The average Bonchev–Trinajstić information content (AvgIpc) is 3.62. The van der Waals surface area contributed by atoms with Crippen LogP contribution in [0.2, 0.25) is 5.02 Å². The van der Waals surface area contributed by atoms with Crippen molar-refractivity contribution in [1.29, 1.82) is 0 Å². The van der Waals surface area contributed by atoms with E-state index in [9.17, 15) is 24.3 Å². The number of hydrogen-bond acceptors (Lipinski definition) is 7. The van der Waals surface area contributed by atoms with Crippen molar-refractivity contribution in [3.63, 3.8) is 0 Å². The molecule has 0 saturated carbocycles. The van der Waals surface area contributed by atoms with E-state index in [0.717, 1.165) is 32.5 Å². The van der Waals surface area contributed by atoms with Gasteiger partial charge >= 0.3 is 0 Å². The Bertz CT molecular complexity index is 2220. The van der Waals surface area contributed by atoms with E-state index < -0.39 is 24.0 Å². The molecule has 10 nitrogen and oxygen atoms in total. The number of carbonyl (C=O) groups is 4. The fourth-order valence-electron chi connectivity index (χ4n) is 6.44. The molecule has 3 heterocycles. The average molecular weight is 690 g/mol. The maximum atomic E-state index is 13.8. The molecule has 0 aliphatic carbocycles. The Kier molecular flexibility index (Phi) is 8.83. The number of nitrogens with one attached hydrogen (secondary N) is 1. The van der Waals surface area contributed by atoms with E-state index in [1.165, 1.54) is 19.1 Å². The monoisotopic (exact) mass is 689 g/mol. The predicted octanol–water partition coefficient (Wildman–Crippen LogP) is 7.13. The highest BCUT2D eigenvalue weighted by molar-refractivity contribution is 6.37. The molecular weight excluding hydrogens is 658 g/mol. The summed E-state index contributed by atoms with van der Waals surface area (Å²) in [6, 6.07) is 24.4. The minimum absolute atomic E-state index is 0.0421. The van der Waals surface area contributed by atoms with E-state index in [1.807, 2.05) is 48.5 Å². The van der Waals surface area contributed by atoms with Crippen LogP contribution in [0.1, 0.15) is 67.0 Å². The van der Waals surface area contributed by atoms with Crippen LogP contribution in [0.5, 0.6) is 0 Å². The van der Waals surface area contributed by atoms with Crippen molar-refractivity contribution in [2.45, 2.75) is 45.7 Å². The minimum atomic E-state index is -0.797. The SMILES string of the molecule is CC(=O)n1cc([C@H]2C=C(C(=O)Nc3ccc(N4C(=O)c5ccc(Cl)cc5C4=O)c(C)c3)O[C@@H](OCc3ccc(CO)cc3)C2)c2ccccc21. The maximum Gasteiger partial charge on any atom is 0.290 e. The largest absolute Gasteiger partial charge is 0.459 e.